The molecule has 1 aromatic heterocycles. The van der Waals surface area contributed by atoms with Crippen molar-refractivity contribution in [3.05, 3.63) is 47.3 Å². The smallest absolute Gasteiger partial charge is 0.227 e. The van der Waals surface area contributed by atoms with Crippen molar-refractivity contribution in [3.63, 3.8) is 0 Å². The van der Waals surface area contributed by atoms with E-state index in [1.165, 1.54) is 6.42 Å². The summed E-state index contributed by atoms with van der Waals surface area (Å²) in [4.78, 5) is 15.1. The van der Waals surface area contributed by atoms with Gasteiger partial charge >= 0.3 is 0 Å². The molecule has 6 heteroatoms. The van der Waals surface area contributed by atoms with Gasteiger partial charge in [-0.15, -0.1) is 0 Å². The number of hydrogen-bond donors (Lipinski definition) is 2. The molecule has 3 heterocycles. The molecule has 2 aliphatic heterocycles. The molecular formula is C23H33N5O. The van der Waals surface area contributed by atoms with Gasteiger partial charge in [-0.1, -0.05) is 31.5 Å². The van der Waals surface area contributed by atoms with Crippen LogP contribution in [-0.4, -0.2) is 46.3 Å². The van der Waals surface area contributed by atoms with Gasteiger partial charge in [0.15, 0.2) is 0 Å². The molecule has 0 spiro atoms. The van der Waals surface area contributed by atoms with Crippen LogP contribution in [0, 0.1) is 25.7 Å². The molecule has 0 radical (unpaired) electrons. The van der Waals surface area contributed by atoms with E-state index in [1.54, 1.807) is 0 Å². The molecule has 2 fully saturated rings. The largest absolute Gasteiger partial charge is 0.342 e. The number of amides is 1. The van der Waals surface area contributed by atoms with Crippen LogP contribution in [0.25, 0.3) is 5.69 Å². The Bertz CT molecular complexity index is 838. The van der Waals surface area contributed by atoms with Gasteiger partial charge in [0.2, 0.25) is 5.91 Å². The summed E-state index contributed by atoms with van der Waals surface area (Å²) in [6, 6.07) is 10.7. The highest BCUT2D eigenvalue weighted by Crippen LogP contribution is 2.28. The second-order valence-electron chi connectivity index (χ2n) is 8.51. The number of nitrogens with zero attached hydrogens (tertiary/aromatic N) is 3. The number of aryl methyl sites for hydroxylation is 1. The number of aromatic nitrogens is 2. The van der Waals surface area contributed by atoms with E-state index < -0.39 is 0 Å². The number of carbonyl (C=O) groups excluding carboxylic acids is 1. The van der Waals surface area contributed by atoms with E-state index in [9.17, 15) is 4.79 Å². The second-order valence-corrected chi connectivity index (χ2v) is 8.51. The normalized spacial score (nSPS) is 22.9. The number of hydrazine groups is 1. The molecule has 2 N–H and O–H groups in total. The van der Waals surface area contributed by atoms with Crippen LogP contribution < -0.4 is 10.9 Å². The van der Waals surface area contributed by atoms with Crippen molar-refractivity contribution in [3.8, 4) is 5.69 Å². The average molecular weight is 396 g/mol. The first-order valence-electron chi connectivity index (χ1n) is 10.9. The maximum absolute atomic E-state index is 13.0. The fourth-order valence-corrected chi connectivity index (χ4v) is 4.98. The van der Waals surface area contributed by atoms with Crippen molar-refractivity contribution in [2.75, 3.05) is 19.6 Å². The molecule has 2 aliphatic rings. The monoisotopic (exact) mass is 395 g/mol. The Morgan fingerprint density at radius 2 is 1.90 bits per heavy atom. The molecule has 0 aliphatic carbocycles. The summed E-state index contributed by atoms with van der Waals surface area (Å²) in [7, 11) is 0. The van der Waals surface area contributed by atoms with E-state index in [4.69, 9.17) is 5.10 Å². The van der Waals surface area contributed by atoms with Gasteiger partial charge in [0, 0.05) is 36.9 Å². The first kappa shape index (κ1) is 20.1. The van der Waals surface area contributed by atoms with Crippen LogP contribution in [0.4, 0.5) is 0 Å². The minimum absolute atomic E-state index is 0.229. The van der Waals surface area contributed by atoms with E-state index in [0.29, 0.717) is 24.3 Å². The SMILES string of the molecule is CCC1CNNC1C1CCN(C(=O)Cc2c(C)nn(-c3ccccc3)c2C)CC1. The van der Waals surface area contributed by atoms with Gasteiger partial charge in [0.05, 0.1) is 17.8 Å². The van der Waals surface area contributed by atoms with Crippen LogP contribution in [0.15, 0.2) is 30.3 Å². The highest BCUT2D eigenvalue weighted by Gasteiger charge is 2.35. The van der Waals surface area contributed by atoms with Gasteiger partial charge < -0.3 is 4.90 Å². The van der Waals surface area contributed by atoms with Crippen molar-refractivity contribution in [1.29, 1.82) is 0 Å². The molecule has 2 saturated heterocycles. The van der Waals surface area contributed by atoms with E-state index in [1.807, 2.05) is 41.9 Å². The molecule has 0 saturated carbocycles. The fraction of sp³-hybridized carbons (Fsp3) is 0.565. The Hall–Kier alpha value is -2.18. The lowest BCUT2D eigenvalue weighted by atomic mass is 9.82. The summed E-state index contributed by atoms with van der Waals surface area (Å²) in [6.07, 6.45) is 3.81. The Labute approximate surface area is 173 Å². The highest BCUT2D eigenvalue weighted by atomic mass is 16.2. The zero-order valence-corrected chi connectivity index (χ0v) is 17.8. The molecule has 156 valence electrons. The predicted octanol–water partition coefficient (Wildman–Crippen LogP) is 2.77. The van der Waals surface area contributed by atoms with Crippen LogP contribution in [0.3, 0.4) is 0 Å². The van der Waals surface area contributed by atoms with E-state index in [2.05, 4.69) is 29.6 Å². The molecule has 4 rings (SSSR count). The Morgan fingerprint density at radius 1 is 1.17 bits per heavy atom. The van der Waals surface area contributed by atoms with E-state index >= 15 is 0 Å². The number of carbonyl (C=O) groups is 1. The first-order valence-corrected chi connectivity index (χ1v) is 10.9. The number of nitrogens with one attached hydrogen (secondary N) is 2. The van der Waals surface area contributed by atoms with E-state index in [-0.39, 0.29) is 5.91 Å². The molecule has 2 aromatic rings. The summed E-state index contributed by atoms with van der Waals surface area (Å²) < 4.78 is 1.95. The van der Waals surface area contributed by atoms with Gasteiger partial charge in [-0.2, -0.15) is 5.10 Å². The lowest BCUT2D eigenvalue weighted by molar-refractivity contribution is -0.132. The lowest BCUT2D eigenvalue weighted by Crippen LogP contribution is -2.46. The predicted molar refractivity (Wildman–Crippen MR) is 115 cm³/mol. The first-order chi connectivity index (χ1) is 14.1. The van der Waals surface area contributed by atoms with Gasteiger partial charge in [-0.05, 0) is 50.7 Å². The maximum atomic E-state index is 13.0. The van der Waals surface area contributed by atoms with Gasteiger partial charge in [-0.3, -0.25) is 15.6 Å². The molecule has 29 heavy (non-hydrogen) atoms. The van der Waals surface area contributed by atoms with Crippen LogP contribution in [0.1, 0.15) is 43.1 Å². The number of hydrogen-bond acceptors (Lipinski definition) is 4. The second kappa shape index (κ2) is 8.67. The minimum Gasteiger partial charge on any atom is -0.342 e. The maximum Gasteiger partial charge on any atom is 0.227 e. The molecule has 1 amide bonds. The highest BCUT2D eigenvalue weighted by molar-refractivity contribution is 5.79. The molecule has 2 atom stereocenters. The topological polar surface area (TPSA) is 62.2 Å². The third-order valence-corrected chi connectivity index (χ3v) is 6.84. The third-order valence-electron chi connectivity index (χ3n) is 6.84. The molecule has 2 unspecified atom stereocenters. The Kier molecular flexibility index (Phi) is 6.01. The molecule has 0 bridgehead atoms. The summed E-state index contributed by atoms with van der Waals surface area (Å²) in [5.41, 5.74) is 10.9. The summed E-state index contributed by atoms with van der Waals surface area (Å²) in [6.45, 7) is 9.12. The standard InChI is InChI=1S/C23H33N5O/c1-4-18-15-24-25-23(18)19-10-12-27(13-11-19)22(29)14-21-16(2)26-28(17(21)3)20-8-6-5-7-9-20/h5-9,18-19,23-25H,4,10-15H2,1-3H3. The Balaban J connectivity index is 1.39. The summed E-state index contributed by atoms with van der Waals surface area (Å²) in [5.74, 6) is 1.59. The minimum atomic E-state index is 0.229. The number of para-hydroxylation sites is 1. The van der Waals surface area contributed by atoms with Crippen molar-refractivity contribution < 1.29 is 4.79 Å². The Morgan fingerprint density at radius 3 is 2.59 bits per heavy atom. The molecule has 6 nitrogen and oxygen atoms in total. The van der Waals surface area contributed by atoms with Crippen LogP contribution in [0.5, 0.6) is 0 Å². The van der Waals surface area contributed by atoms with E-state index in [0.717, 1.165) is 55.1 Å². The van der Waals surface area contributed by atoms with Crippen molar-refractivity contribution in [2.45, 2.75) is 52.5 Å². The van der Waals surface area contributed by atoms with Crippen molar-refractivity contribution in [2.24, 2.45) is 11.8 Å². The van der Waals surface area contributed by atoms with Gasteiger partial charge in [0.1, 0.15) is 0 Å². The lowest BCUT2D eigenvalue weighted by Gasteiger charge is -2.36. The van der Waals surface area contributed by atoms with Crippen LogP contribution >= 0.6 is 0 Å². The number of benzene rings is 1. The zero-order chi connectivity index (χ0) is 20.4. The summed E-state index contributed by atoms with van der Waals surface area (Å²) in [5, 5.41) is 4.69. The van der Waals surface area contributed by atoms with Crippen molar-refractivity contribution >= 4 is 5.91 Å². The number of rotatable bonds is 5. The van der Waals surface area contributed by atoms with Crippen LogP contribution in [-0.2, 0) is 11.2 Å². The van der Waals surface area contributed by atoms with Crippen molar-refractivity contribution in [1.82, 2.24) is 25.5 Å². The molecular weight excluding hydrogens is 362 g/mol. The average Bonchev–Trinajstić information content (AvgIpc) is 3.34. The zero-order valence-electron chi connectivity index (χ0n) is 17.8. The third kappa shape index (κ3) is 4.09. The number of piperidine rings is 1. The van der Waals surface area contributed by atoms with Gasteiger partial charge in [0.25, 0.3) is 0 Å². The quantitative estimate of drug-likeness (QED) is 0.817. The number of likely N-dealkylation sites (tertiary alicyclic amines) is 1. The molecule has 1 aromatic carbocycles. The summed E-state index contributed by atoms with van der Waals surface area (Å²) >= 11 is 0. The fourth-order valence-electron chi connectivity index (χ4n) is 4.98. The van der Waals surface area contributed by atoms with Crippen LogP contribution in [0.2, 0.25) is 0 Å². The van der Waals surface area contributed by atoms with Gasteiger partial charge in [-0.25, -0.2) is 4.68 Å².